The molecule has 0 bridgehead atoms. The smallest absolute Gasteiger partial charge is 0.143 e. The molecule has 0 atom stereocenters. The molecule has 0 saturated heterocycles. The van der Waals surface area contributed by atoms with Crippen LogP contribution in [0.15, 0.2) is 30.6 Å². The van der Waals surface area contributed by atoms with Gasteiger partial charge in [0.25, 0.3) is 0 Å². The van der Waals surface area contributed by atoms with E-state index < -0.39 is 0 Å². The van der Waals surface area contributed by atoms with Gasteiger partial charge in [0.05, 0.1) is 5.69 Å². The van der Waals surface area contributed by atoms with Gasteiger partial charge < -0.3 is 5.32 Å². The molecule has 0 radical (unpaired) electrons. The highest BCUT2D eigenvalue weighted by molar-refractivity contribution is 7.98. The van der Waals surface area contributed by atoms with E-state index in [9.17, 15) is 0 Å². The van der Waals surface area contributed by atoms with E-state index in [-0.39, 0.29) is 0 Å². The lowest BCUT2D eigenvalue weighted by molar-refractivity contribution is 0.789. The molecule has 1 N–H and O–H groups in total. The van der Waals surface area contributed by atoms with E-state index in [0.717, 1.165) is 17.9 Å². The zero-order chi connectivity index (χ0) is 12.6. The molecule has 0 amide bonds. The predicted molar refractivity (Wildman–Crippen MR) is 75.3 cm³/mol. The minimum absolute atomic E-state index is 0.967. The molecule has 0 unspecified atom stereocenters. The third kappa shape index (κ3) is 3.73. The lowest BCUT2D eigenvalue weighted by atomic mass is 10.2. The number of unbranched alkanes of at least 4 members (excludes halogenated alkanes) is 1. The standard InChI is InChI=1S/C12H17N5S/c1-18-8-3-2-7-13-11-5-4-6-12(9-11)17-10-14-15-16-17/h4-6,9-10,13H,2-3,7-8H2,1H3. The Labute approximate surface area is 111 Å². The third-order valence-electron chi connectivity index (χ3n) is 2.56. The Hall–Kier alpha value is -1.56. The van der Waals surface area contributed by atoms with Crippen molar-refractivity contribution in [2.75, 3.05) is 23.9 Å². The molecule has 2 rings (SSSR count). The molecule has 2 aromatic rings. The van der Waals surface area contributed by atoms with E-state index in [4.69, 9.17) is 0 Å². The molecule has 96 valence electrons. The van der Waals surface area contributed by atoms with Gasteiger partial charge >= 0.3 is 0 Å². The van der Waals surface area contributed by atoms with Gasteiger partial charge in [-0.2, -0.15) is 11.8 Å². The topological polar surface area (TPSA) is 55.6 Å². The van der Waals surface area contributed by atoms with Gasteiger partial charge in [0.1, 0.15) is 6.33 Å². The zero-order valence-electron chi connectivity index (χ0n) is 10.4. The normalized spacial score (nSPS) is 10.5. The molecule has 1 aromatic heterocycles. The van der Waals surface area contributed by atoms with Gasteiger partial charge in [0.15, 0.2) is 0 Å². The van der Waals surface area contributed by atoms with Crippen LogP contribution in [0.25, 0.3) is 5.69 Å². The van der Waals surface area contributed by atoms with Crippen LogP contribution in [0.4, 0.5) is 5.69 Å². The number of nitrogens with zero attached hydrogens (tertiary/aromatic N) is 4. The van der Waals surface area contributed by atoms with Gasteiger partial charge in [-0.3, -0.25) is 0 Å². The Morgan fingerprint density at radius 2 is 2.28 bits per heavy atom. The average molecular weight is 263 g/mol. The van der Waals surface area contributed by atoms with Crippen molar-refractivity contribution in [1.82, 2.24) is 20.2 Å². The fourth-order valence-corrected chi connectivity index (χ4v) is 2.13. The number of aromatic nitrogens is 4. The molecule has 5 nitrogen and oxygen atoms in total. The molecule has 0 aliphatic carbocycles. The Kier molecular flexibility index (Phi) is 5.01. The van der Waals surface area contributed by atoms with Crippen molar-refractivity contribution in [2.45, 2.75) is 12.8 Å². The highest BCUT2D eigenvalue weighted by Gasteiger charge is 1.99. The average Bonchev–Trinajstić information content (AvgIpc) is 2.93. The van der Waals surface area contributed by atoms with Crippen molar-refractivity contribution in [3.8, 4) is 5.69 Å². The number of nitrogens with one attached hydrogen (secondary N) is 1. The van der Waals surface area contributed by atoms with E-state index in [1.165, 1.54) is 18.6 Å². The van der Waals surface area contributed by atoms with E-state index in [1.54, 1.807) is 11.0 Å². The van der Waals surface area contributed by atoms with Gasteiger partial charge in [0.2, 0.25) is 0 Å². The summed E-state index contributed by atoms with van der Waals surface area (Å²) in [6, 6.07) is 8.09. The SMILES string of the molecule is CSCCCCNc1cccc(-n2cnnn2)c1. The first-order valence-electron chi connectivity index (χ1n) is 5.96. The van der Waals surface area contributed by atoms with Crippen LogP contribution in [0.1, 0.15) is 12.8 Å². The molecular weight excluding hydrogens is 246 g/mol. The Morgan fingerprint density at radius 1 is 1.33 bits per heavy atom. The lowest BCUT2D eigenvalue weighted by Gasteiger charge is -2.07. The molecule has 0 aliphatic rings. The Balaban J connectivity index is 1.88. The fraction of sp³-hybridized carbons (Fsp3) is 0.417. The van der Waals surface area contributed by atoms with Gasteiger partial charge in [-0.25, -0.2) is 4.68 Å². The first kappa shape index (κ1) is 12.9. The number of rotatable bonds is 7. The Bertz CT molecular complexity index is 457. The maximum Gasteiger partial charge on any atom is 0.143 e. The molecule has 6 heteroatoms. The van der Waals surface area contributed by atoms with Crippen LogP contribution in [0, 0.1) is 0 Å². The molecule has 0 fully saturated rings. The summed E-state index contributed by atoms with van der Waals surface area (Å²) in [5.41, 5.74) is 2.07. The highest BCUT2D eigenvalue weighted by Crippen LogP contribution is 2.13. The Morgan fingerprint density at radius 3 is 3.06 bits per heavy atom. The number of anilines is 1. The summed E-state index contributed by atoms with van der Waals surface area (Å²) in [7, 11) is 0. The summed E-state index contributed by atoms with van der Waals surface area (Å²) in [6.45, 7) is 1.000. The summed E-state index contributed by atoms with van der Waals surface area (Å²) >= 11 is 1.90. The molecule has 1 heterocycles. The van der Waals surface area contributed by atoms with Gasteiger partial charge in [-0.05, 0) is 53.5 Å². The number of benzene rings is 1. The lowest BCUT2D eigenvalue weighted by Crippen LogP contribution is -2.03. The van der Waals surface area contributed by atoms with Crippen LogP contribution >= 0.6 is 11.8 Å². The van der Waals surface area contributed by atoms with Crippen molar-refractivity contribution >= 4 is 17.4 Å². The molecule has 1 aromatic carbocycles. The summed E-state index contributed by atoms with van der Waals surface area (Å²) in [6.07, 6.45) is 6.18. The van der Waals surface area contributed by atoms with Crippen LogP contribution in [0.3, 0.4) is 0 Å². The summed E-state index contributed by atoms with van der Waals surface area (Å²) < 4.78 is 1.65. The zero-order valence-corrected chi connectivity index (χ0v) is 11.2. The first-order chi connectivity index (χ1) is 8.90. The van der Waals surface area contributed by atoms with E-state index in [2.05, 4.69) is 33.2 Å². The van der Waals surface area contributed by atoms with Crippen molar-refractivity contribution in [2.24, 2.45) is 0 Å². The monoisotopic (exact) mass is 263 g/mol. The molecular formula is C12H17N5S. The summed E-state index contributed by atoms with van der Waals surface area (Å²) in [5.74, 6) is 1.23. The largest absolute Gasteiger partial charge is 0.385 e. The second kappa shape index (κ2) is 7.00. The molecule has 0 saturated carbocycles. The molecule has 18 heavy (non-hydrogen) atoms. The molecule has 0 aliphatic heterocycles. The van der Waals surface area contributed by atoms with Crippen molar-refractivity contribution < 1.29 is 0 Å². The van der Waals surface area contributed by atoms with Crippen LogP contribution in [-0.2, 0) is 0 Å². The second-order valence-electron chi connectivity index (χ2n) is 3.93. The fourth-order valence-electron chi connectivity index (χ4n) is 1.64. The van der Waals surface area contributed by atoms with E-state index in [1.807, 2.05) is 30.0 Å². The second-order valence-corrected chi connectivity index (χ2v) is 4.92. The highest BCUT2D eigenvalue weighted by atomic mass is 32.2. The maximum atomic E-state index is 3.87. The number of hydrogen-bond donors (Lipinski definition) is 1. The van der Waals surface area contributed by atoms with Crippen LogP contribution in [0.5, 0.6) is 0 Å². The van der Waals surface area contributed by atoms with E-state index >= 15 is 0 Å². The van der Waals surface area contributed by atoms with E-state index in [0.29, 0.717) is 0 Å². The van der Waals surface area contributed by atoms with Gasteiger partial charge in [-0.1, -0.05) is 6.07 Å². The van der Waals surface area contributed by atoms with Gasteiger partial charge in [-0.15, -0.1) is 5.10 Å². The molecule has 0 spiro atoms. The first-order valence-corrected chi connectivity index (χ1v) is 7.36. The number of tetrazole rings is 1. The van der Waals surface area contributed by atoms with Crippen molar-refractivity contribution in [1.29, 1.82) is 0 Å². The predicted octanol–water partition coefficient (Wildman–Crippen LogP) is 2.22. The van der Waals surface area contributed by atoms with Crippen LogP contribution < -0.4 is 5.32 Å². The van der Waals surface area contributed by atoms with Crippen LogP contribution in [0.2, 0.25) is 0 Å². The number of hydrogen-bond acceptors (Lipinski definition) is 5. The quantitative estimate of drug-likeness (QED) is 0.776. The van der Waals surface area contributed by atoms with Crippen molar-refractivity contribution in [3.63, 3.8) is 0 Å². The third-order valence-corrected chi connectivity index (χ3v) is 3.26. The minimum atomic E-state index is 0.967. The summed E-state index contributed by atoms with van der Waals surface area (Å²) in [4.78, 5) is 0. The maximum absolute atomic E-state index is 3.87. The summed E-state index contributed by atoms with van der Waals surface area (Å²) in [5, 5.41) is 14.6. The van der Waals surface area contributed by atoms with Crippen LogP contribution in [-0.4, -0.2) is 38.8 Å². The minimum Gasteiger partial charge on any atom is -0.385 e. The van der Waals surface area contributed by atoms with Crippen molar-refractivity contribution in [3.05, 3.63) is 30.6 Å². The number of thioether (sulfide) groups is 1. The van der Waals surface area contributed by atoms with Gasteiger partial charge in [0, 0.05) is 12.2 Å².